The van der Waals surface area contributed by atoms with E-state index < -0.39 is 0 Å². The Kier molecular flexibility index (Phi) is 5.83. The highest BCUT2D eigenvalue weighted by atomic mass is 16.5. The van der Waals surface area contributed by atoms with Crippen molar-refractivity contribution in [2.75, 3.05) is 12.8 Å². The number of rotatable bonds is 6. The van der Waals surface area contributed by atoms with Crippen LogP contribution >= 0.6 is 0 Å². The molecule has 1 heterocycles. The molecule has 0 aliphatic carbocycles. The van der Waals surface area contributed by atoms with Gasteiger partial charge in [0.15, 0.2) is 0 Å². The van der Waals surface area contributed by atoms with Crippen molar-refractivity contribution in [3.05, 3.63) is 53.0 Å². The van der Waals surface area contributed by atoms with Crippen LogP contribution in [0.25, 0.3) is 0 Å². The predicted molar refractivity (Wildman–Crippen MR) is 89.1 cm³/mol. The molecular weight excluding hydrogens is 308 g/mol. The van der Waals surface area contributed by atoms with E-state index in [9.17, 15) is 9.59 Å². The highest BCUT2D eigenvalue weighted by Crippen LogP contribution is 2.10. The van der Waals surface area contributed by atoms with E-state index in [-0.39, 0.29) is 24.8 Å². The third kappa shape index (κ3) is 4.77. The van der Waals surface area contributed by atoms with Crippen molar-refractivity contribution in [1.82, 2.24) is 15.3 Å². The van der Waals surface area contributed by atoms with Crippen LogP contribution in [0.2, 0.25) is 0 Å². The molecule has 0 aliphatic rings. The summed E-state index contributed by atoms with van der Waals surface area (Å²) in [5, 5.41) is 2.79. The maximum atomic E-state index is 12.3. The molecular formula is C17H20N4O3. The molecule has 0 unspecified atom stereocenters. The maximum Gasteiger partial charge on any atom is 0.305 e. The quantitative estimate of drug-likeness (QED) is 0.776. The van der Waals surface area contributed by atoms with Crippen LogP contribution in [0.1, 0.15) is 33.7 Å². The minimum atomic E-state index is -0.278. The first-order chi connectivity index (χ1) is 11.5. The minimum absolute atomic E-state index is 0.227. The van der Waals surface area contributed by atoms with Gasteiger partial charge in [-0.15, -0.1) is 0 Å². The van der Waals surface area contributed by atoms with Crippen LogP contribution in [0.4, 0.5) is 5.82 Å². The van der Waals surface area contributed by atoms with E-state index in [0.29, 0.717) is 29.2 Å². The van der Waals surface area contributed by atoms with Gasteiger partial charge in [0.05, 0.1) is 7.11 Å². The standard InChI is InChI=1S/C17H20N4O3/c1-11-19-9-14(16(18)21-11)10-20-17(23)13-5-3-4-12(8-13)6-7-15(22)24-2/h3-5,8-9H,6-7,10H2,1-2H3,(H,20,23)(H2,18,19,21). The lowest BCUT2D eigenvalue weighted by molar-refractivity contribution is -0.140. The van der Waals surface area contributed by atoms with E-state index >= 15 is 0 Å². The van der Waals surface area contributed by atoms with Crippen LogP contribution in [-0.4, -0.2) is 29.0 Å². The number of carbonyl (C=O) groups is 2. The van der Waals surface area contributed by atoms with Crippen LogP contribution in [0, 0.1) is 6.92 Å². The first-order valence-electron chi connectivity index (χ1n) is 7.51. The molecule has 0 spiro atoms. The number of esters is 1. The number of carbonyl (C=O) groups excluding carboxylic acids is 2. The normalized spacial score (nSPS) is 10.2. The van der Waals surface area contributed by atoms with Crippen LogP contribution in [0.3, 0.4) is 0 Å². The highest BCUT2D eigenvalue weighted by Gasteiger charge is 2.09. The van der Waals surface area contributed by atoms with E-state index in [4.69, 9.17) is 5.73 Å². The van der Waals surface area contributed by atoms with Gasteiger partial charge in [-0.3, -0.25) is 9.59 Å². The maximum absolute atomic E-state index is 12.3. The number of nitrogens with one attached hydrogen (secondary N) is 1. The number of nitrogen functional groups attached to an aromatic ring is 1. The molecule has 126 valence electrons. The van der Waals surface area contributed by atoms with Crippen LogP contribution in [0.15, 0.2) is 30.5 Å². The number of hydrogen-bond acceptors (Lipinski definition) is 6. The summed E-state index contributed by atoms with van der Waals surface area (Å²) in [5.41, 5.74) is 7.88. The largest absolute Gasteiger partial charge is 0.469 e. The number of methoxy groups -OCH3 is 1. The number of aromatic nitrogens is 2. The Hall–Kier alpha value is -2.96. The third-order valence-corrected chi connectivity index (χ3v) is 3.49. The molecule has 24 heavy (non-hydrogen) atoms. The van der Waals surface area contributed by atoms with Crippen LogP contribution < -0.4 is 11.1 Å². The molecule has 0 atom stereocenters. The second kappa shape index (κ2) is 8.05. The fourth-order valence-electron chi connectivity index (χ4n) is 2.14. The second-order valence-corrected chi connectivity index (χ2v) is 5.29. The average molecular weight is 328 g/mol. The van der Waals surface area contributed by atoms with E-state index in [0.717, 1.165) is 5.56 Å². The smallest absolute Gasteiger partial charge is 0.305 e. The van der Waals surface area contributed by atoms with E-state index in [1.54, 1.807) is 31.3 Å². The molecule has 0 saturated carbocycles. The summed E-state index contributed by atoms with van der Waals surface area (Å²) >= 11 is 0. The predicted octanol–water partition coefficient (Wildman–Crippen LogP) is 1.40. The van der Waals surface area contributed by atoms with Gasteiger partial charge < -0.3 is 15.8 Å². The monoisotopic (exact) mass is 328 g/mol. The number of amides is 1. The molecule has 1 aromatic carbocycles. The van der Waals surface area contributed by atoms with Gasteiger partial charge in [0.1, 0.15) is 11.6 Å². The lowest BCUT2D eigenvalue weighted by Gasteiger charge is -2.08. The molecule has 2 rings (SSSR count). The van der Waals surface area contributed by atoms with Gasteiger partial charge in [-0.1, -0.05) is 12.1 Å². The lowest BCUT2D eigenvalue weighted by atomic mass is 10.1. The first kappa shape index (κ1) is 17.4. The van der Waals surface area contributed by atoms with Crippen LogP contribution in [0.5, 0.6) is 0 Å². The van der Waals surface area contributed by atoms with E-state index in [1.165, 1.54) is 7.11 Å². The average Bonchev–Trinajstić information content (AvgIpc) is 2.58. The summed E-state index contributed by atoms with van der Waals surface area (Å²) in [5.74, 6) is 0.435. The van der Waals surface area contributed by atoms with Gasteiger partial charge in [0.2, 0.25) is 0 Å². The van der Waals surface area contributed by atoms with E-state index in [1.807, 2.05) is 6.07 Å². The third-order valence-electron chi connectivity index (χ3n) is 3.49. The summed E-state index contributed by atoms with van der Waals surface area (Å²) in [4.78, 5) is 31.6. The van der Waals surface area contributed by atoms with Crippen molar-refractivity contribution in [3.8, 4) is 0 Å². The molecule has 0 radical (unpaired) electrons. The SMILES string of the molecule is COC(=O)CCc1cccc(C(=O)NCc2cnc(C)nc2N)c1. The number of ether oxygens (including phenoxy) is 1. The Morgan fingerprint density at radius 2 is 2.12 bits per heavy atom. The van der Waals surface area contributed by atoms with Gasteiger partial charge in [-0.25, -0.2) is 9.97 Å². The fraction of sp³-hybridized carbons (Fsp3) is 0.294. The zero-order chi connectivity index (χ0) is 17.5. The van der Waals surface area contributed by atoms with E-state index in [2.05, 4.69) is 20.0 Å². The van der Waals surface area contributed by atoms with Gasteiger partial charge in [0, 0.05) is 30.3 Å². The Balaban J connectivity index is 1.98. The number of aryl methyl sites for hydroxylation is 2. The Morgan fingerprint density at radius 1 is 1.33 bits per heavy atom. The van der Waals surface area contributed by atoms with Crippen LogP contribution in [-0.2, 0) is 22.5 Å². The number of anilines is 1. The molecule has 1 amide bonds. The Labute approximate surface area is 140 Å². The summed E-state index contributed by atoms with van der Waals surface area (Å²) in [6.45, 7) is 2.00. The highest BCUT2D eigenvalue weighted by molar-refractivity contribution is 5.94. The van der Waals surface area contributed by atoms with Crippen molar-refractivity contribution in [1.29, 1.82) is 0 Å². The van der Waals surface area contributed by atoms with Gasteiger partial charge in [-0.05, 0) is 31.0 Å². The molecule has 2 aromatic rings. The van der Waals surface area contributed by atoms with Crippen molar-refractivity contribution in [2.45, 2.75) is 26.3 Å². The zero-order valence-corrected chi connectivity index (χ0v) is 13.7. The summed E-state index contributed by atoms with van der Waals surface area (Å²) < 4.78 is 4.61. The fourth-order valence-corrected chi connectivity index (χ4v) is 2.14. The zero-order valence-electron chi connectivity index (χ0n) is 13.7. The molecule has 0 aliphatic heterocycles. The molecule has 7 heteroatoms. The number of nitrogens with two attached hydrogens (primary N) is 1. The van der Waals surface area contributed by atoms with Gasteiger partial charge >= 0.3 is 5.97 Å². The number of nitrogens with zero attached hydrogens (tertiary/aromatic N) is 2. The molecule has 7 nitrogen and oxygen atoms in total. The molecule has 3 N–H and O–H groups in total. The summed E-state index contributed by atoms with van der Waals surface area (Å²) in [6, 6.07) is 7.12. The van der Waals surface area contributed by atoms with Crippen molar-refractivity contribution in [2.24, 2.45) is 0 Å². The minimum Gasteiger partial charge on any atom is -0.469 e. The summed E-state index contributed by atoms with van der Waals surface area (Å²) in [7, 11) is 1.35. The van der Waals surface area contributed by atoms with Gasteiger partial charge in [-0.2, -0.15) is 0 Å². The Morgan fingerprint density at radius 3 is 2.83 bits per heavy atom. The molecule has 0 saturated heterocycles. The van der Waals surface area contributed by atoms with Crippen molar-refractivity contribution >= 4 is 17.7 Å². The number of benzene rings is 1. The number of hydrogen-bond donors (Lipinski definition) is 2. The van der Waals surface area contributed by atoms with Crippen molar-refractivity contribution < 1.29 is 14.3 Å². The lowest BCUT2D eigenvalue weighted by Crippen LogP contribution is -2.23. The second-order valence-electron chi connectivity index (χ2n) is 5.29. The Bertz CT molecular complexity index is 746. The molecule has 1 aromatic heterocycles. The topological polar surface area (TPSA) is 107 Å². The first-order valence-corrected chi connectivity index (χ1v) is 7.51. The van der Waals surface area contributed by atoms with Crippen molar-refractivity contribution in [3.63, 3.8) is 0 Å². The molecule has 0 bridgehead atoms. The molecule has 0 fully saturated rings. The summed E-state index contributed by atoms with van der Waals surface area (Å²) in [6.07, 6.45) is 2.40. The van der Waals surface area contributed by atoms with Gasteiger partial charge in [0.25, 0.3) is 5.91 Å².